The number of aryl methyl sites for hydroxylation is 1. The number of benzene rings is 1. The summed E-state index contributed by atoms with van der Waals surface area (Å²) < 4.78 is 15.6. The lowest BCUT2D eigenvalue weighted by atomic mass is 10.1. The molecule has 0 atom stereocenters. The van der Waals surface area contributed by atoms with Gasteiger partial charge in [0.05, 0.1) is 70.7 Å². The predicted octanol–water partition coefficient (Wildman–Crippen LogP) is 3.61. The lowest BCUT2D eigenvalue weighted by Crippen LogP contribution is -2.36. The van der Waals surface area contributed by atoms with E-state index in [1.54, 1.807) is 19.2 Å². The van der Waals surface area contributed by atoms with E-state index in [2.05, 4.69) is 30.6 Å². The van der Waals surface area contributed by atoms with Crippen LogP contribution in [-0.2, 0) is 4.79 Å². The average molecular weight is 532 g/mol. The Morgan fingerprint density at radius 3 is 2.54 bits per heavy atom. The molecule has 3 N–H and O–H groups in total. The summed E-state index contributed by atoms with van der Waals surface area (Å²) >= 11 is 0. The number of likely N-dealkylation sites (tertiary alicyclic amines) is 1. The minimum atomic E-state index is -1.36. The topological polar surface area (TPSA) is 142 Å². The molecule has 0 saturated carbocycles. The Morgan fingerprint density at radius 1 is 1.00 bits per heavy atom. The normalized spacial score (nSPS) is 13.8. The van der Waals surface area contributed by atoms with Crippen molar-refractivity contribution >= 4 is 34.7 Å². The van der Waals surface area contributed by atoms with Gasteiger partial charge in [0, 0.05) is 5.56 Å². The molecule has 1 aliphatic rings. The number of hydrogen-bond acceptors (Lipinski definition) is 7. The van der Waals surface area contributed by atoms with Crippen LogP contribution >= 0.6 is 0 Å². The van der Waals surface area contributed by atoms with Crippen LogP contribution < -0.4 is 10.6 Å². The number of anilines is 2. The molecule has 1 fully saturated rings. The fourth-order valence-electron chi connectivity index (χ4n) is 4.49. The number of piperidine rings is 1. The Labute approximate surface area is 222 Å². The Morgan fingerprint density at radius 2 is 1.79 bits per heavy atom. The van der Waals surface area contributed by atoms with Crippen molar-refractivity contribution in [2.24, 2.45) is 0 Å². The fourth-order valence-corrected chi connectivity index (χ4v) is 4.49. The molecule has 2 amide bonds. The fraction of sp³-hybridized carbons (Fsp3) is 0.259. The number of halogens is 1. The first-order valence-electron chi connectivity index (χ1n) is 12.5. The molecule has 4 heterocycles. The van der Waals surface area contributed by atoms with E-state index < -0.39 is 23.3 Å². The summed E-state index contributed by atoms with van der Waals surface area (Å²) in [5, 5.41) is 18.9. The number of pyridine rings is 1. The third-order valence-corrected chi connectivity index (χ3v) is 6.58. The van der Waals surface area contributed by atoms with Gasteiger partial charge in [-0.15, -0.1) is 0 Å². The second-order valence-corrected chi connectivity index (χ2v) is 9.36. The van der Waals surface area contributed by atoms with Crippen molar-refractivity contribution in [2.75, 3.05) is 30.3 Å². The maximum atomic E-state index is 14.1. The molecule has 1 saturated heterocycles. The minimum Gasteiger partial charge on any atom is -0.478 e. The van der Waals surface area contributed by atoms with E-state index in [1.807, 2.05) is 0 Å². The molecule has 11 nitrogen and oxygen atoms in total. The highest BCUT2D eigenvalue weighted by Gasteiger charge is 2.18. The Hall–Kier alpha value is -4.71. The van der Waals surface area contributed by atoms with Crippen LogP contribution in [0.15, 0.2) is 49.1 Å². The highest BCUT2D eigenvalue weighted by Crippen LogP contribution is 2.23. The highest BCUT2D eigenvalue weighted by molar-refractivity contribution is 6.09. The molecule has 39 heavy (non-hydrogen) atoms. The number of rotatable bonds is 7. The van der Waals surface area contributed by atoms with Gasteiger partial charge in [0.15, 0.2) is 0 Å². The first kappa shape index (κ1) is 25.9. The summed E-state index contributed by atoms with van der Waals surface area (Å²) in [5.74, 6) is -2.82. The van der Waals surface area contributed by atoms with E-state index in [0.717, 1.165) is 32.0 Å². The molecule has 200 valence electrons. The standard InChI is InChI=1S/C27H26FN7O4/c1-16-22(10-18(11-29-16)32-25(36)15-34-7-3-2-4-8-34)33-26(37)20-12-31-35-14-23(30-13-24(20)35)17-5-6-19(27(38)39)21(28)9-17/h5-6,9-14H,2-4,7-8,15H2,1H3,(H,32,36)(H,33,37)(H,38,39). The molecule has 0 bridgehead atoms. The summed E-state index contributed by atoms with van der Waals surface area (Å²) in [7, 11) is 0. The molecule has 1 aromatic carbocycles. The SMILES string of the molecule is Cc1ncc(NC(=O)CN2CCCCC2)cc1NC(=O)c1cnn2cc(-c3ccc(C(=O)O)c(F)c3)ncc12. The summed E-state index contributed by atoms with van der Waals surface area (Å²) in [5.41, 5.74) is 2.42. The van der Waals surface area contributed by atoms with Crippen molar-refractivity contribution < 1.29 is 23.9 Å². The zero-order valence-corrected chi connectivity index (χ0v) is 21.1. The first-order valence-corrected chi connectivity index (χ1v) is 12.5. The van der Waals surface area contributed by atoms with Gasteiger partial charge in [-0.2, -0.15) is 5.10 Å². The van der Waals surface area contributed by atoms with Crippen LogP contribution in [0.4, 0.5) is 15.8 Å². The van der Waals surface area contributed by atoms with Gasteiger partial charge >= 0.3 is 5.97 Å². The summed E-state index contributed by atoms with van der Waals surface area (Å²) in [6, 6.07) is 5.36. The Bertz CT molecular complexity index is 1580. The molecule has 5 rings (SSSR count). The number of carboxylic acid groups (broad SMARTS) is 1. The van der Waals surface area contributed by atoms with E-state index in [0.29, 0.717) is 40.4 Å². The number of fused-ring (bicyclic) bond motifs is 1. The summed E-state index contributed by atoms with van der Waals surface area (Å²) in [6.07, 6.45) is 9.26. The molecule has 0 spiro atoms. The summed E-state index contributed by atoms with van der Waals surface area (Å²) in [4.78, 5) is 47.4. The first-order chi connectivity index (χ1) is 18.8. The number of carboxylic acids is 1. The van der Waals surface area contributed by atoms with Crippen molar-refractivity contribution in [3.05, 3.63) is 71.7 Å². The monoisotopic (exact) mass is 531 g/mol. The maximum Gasteiger partial charge on any atom is 0.338 e. The lowest BCUT2D eigenvalue weighted by Gasteiger charge is -2.25. The van der Waals surface area contributed by atoms with Crippen LogP contribution in [0.2, 0.25) is 0 Å². The van der Waals surface area contributed by atoms with Crippen LogP contribution in [0.1, 0.15) is 45.7 Å². The predicted molar refractivity (Wildman–Crippen MR) is 141 cm³/mol. The molecule has 0 radical (unpaired) electrons. The van der Waals surface area contributed by atoms with E-state index >= 15 is 0 Å². The van der Waals surface area contributed by atoms with Gasteiger partial charge < -0.3 is 15.7 Å². The Balaban J connectivity index is 1.30. The number of aromatic nitrogens is 4. The molecule has 0 aliphatic carbocycles. The highest BCUT2D eigenvalue weighted by atomic mass is 19.1. The third-order valence-electron chi connectivity index (χ3n) is 6.58. The van der Waals surface area contributed by atoms with Gasteiger partial charge in [0.25, 0.3) is 5.91 Å². The van der Waals surface area contributed by atoms with Crippen molar-refractivity contribution in [1.29, 1.82) is 0 Å². The molecule has 0 unspecified atom stereocenters. The summed E-state index contributed by atoms with van der Waals surface area (Å²) in [6.45, 7) is 3.87. The zero-order chi connectivity index (χ0) is 27.5. The maximum absolute atomic E-state index is 14.1. The van der Waals surface area contributed by atoms with Crippen LogP contribution in [0, 0.1) is 12.7 Å². The van der Waals surface area contributed by atoms with Crippen molar-refractivity contribution in [1.82, 2.24) is 24.5 Å². The number of amides is 2. The van der Waals surface area contributed by atoms with Crippen molar-refractivity contribution in [3.63, 3.8) is 0 Å². The van der Waals surface area contributed by atoms with Crippen LogP contribution in [0.5, 0.6) is 0 Å². The van der Waals surface area contributed by atoms with Gasteiger partial charge in [0.2, 0.25) is 5.91 Å². The second kappa shape index (κ2) is 11.0. The van der Waals surface area contributed by atoms with Gasteiger partial charge in [-0.3, -0.25) is 24.5 Å². The largest absolute Gasteiger partial charge is 0.478 e. The van der Waals surface area contributed by atoms with Gasteiger partial charge in [0.1, 0.15) is 5.82 Å². The quantitative estimate of drug-likeness (QED) is 0.328. The minimum absolute atomic E-state index is 0.137. The van der Waals surface area contributed by atoms with Crippen molar-refractivity contribution in [3.8, 4) is 11.3 Å². The smallest absolute Gasteiger partial charge is 0.338 e. The molecule has 12 heteroatoms. The van der Waals surface area contributed by atoms with E-state index in [1.165, 1.54) is 41.7 Å². The van der Waals surface area contributed by atoms with Gasteiger partial charge in [-0.05, 0) is 51.1 Å². The number of hydrogen-bond donors (Lipinski definition) is 3. The molecular formula is C27H26FN7O4. The molecule has 3 aromatic heterocycles. The van der Waals surface area contributed by atoms with Crippen LogP contribution in [0.25, 0.3) is 16.8 Å². The molecular weight excluding hydrogens is 505 g/mol. The van der Waals surface area contributed by atoms with Crippen LogP contribution in [0.3, 0.4) is 0 Å². The molecule has 1 aliphatic heterocycles. The van der Waals surface area contributed by atoms with E-state index in [-0.39, 0.29) is 11.5 Å². The number of carbonyl (C=O) groups excluding carboxylic acids is 2. The number of aromatic carboxylic acids is 1. The third kappa shape index (κ3) is 5.75. The van der Waals surface area contributed by atoms with E-state index in [9.17, 15) is 18.8 Å². The van der Waals surface area contributed by atoms with E-state index in [4.69, 9.17) is 5.11 Å². The van der Waals surface area contributed by atoms with Crippen LogP contribution in [-0.4, -0.2) is 67.0 Å². The van der Waals surface area contributed by atoms with Gasteiger partial charge in [-0.1, -0.05) is 12.5 Å². The average Bonchev–Trinajstić information content (AvgIpc) is 3.34. The Kier molecular flexibility index (Phi) is 7.28. The zero-order valence-electron chi connectivity index (χ0n) is 21.1. The van der Waals surface area contributed by atoms with Gasteiger partial charge in [-0.25, -0.2) is 13.7 Å². The number of nitrogens with zero attached hydrogens (tertiary/aromatic N) is 5. The number of carbonyl (C=O) groups is 3. The molecule has 4 aromatic rings. The lowest BCUT2D eigenvalue weighted by molar-refractivity contribution is -0.117. The number of nitrogens with one attached hydrogen (secondary N) is 2. The van der Waals surface area contributed by atoms with Crippen molar-refractivity contribution in [2.45, 2.75) is 26.2 Å². The second-order valence-electron chi connectivity index (χ2n) is 9.36.